The normalized spacial score (nSPS) is 17.1. The number of aromatic nitrogens is 4. The van der Waals surface area contributed by atoms with Crippen molar-refractivity contribution in [2.24, 2.45) is 5.92 Å². The fraction of sp³-hybridized carbons (Fsp3) is 0.429. The average Bonchev–Trinajstić information content (AvgIpc) is 3.33. The highest BCUT2D eigenvalue weighted by atomic mass is 32.1. The lowest BCUT2D eigenvalue weighted by atomic mass is 9.97. The van der Waals surface area contributed by atoms with Crippen LogP contribution in [0.5, 0.6) is 0 Å². The molecule has 0 spiro atoms. The summed E-state index contributed by atoms with van der Waals surface area (Å²) in [4.78, 5) is 29.9. The molecule has 0 amide bonds. The number of pyridine rings is 1. The highest BCUT2D eigenvalue weighted by Gasteiger charge is 2.24. The van der Waals surface area contributed by atoms with Gasteiger partial charge in [-0.2, -0.15) is 0 Å². The molecule has 0 saturated carbocycles. The summed E-state index contributed by atoms with van der Waals surface area (Å²) in [6.07, 6.45) is 10.9. The van der Waals surface area contributed by atoms with Crippen molar-refractivity contribution in [3.8, 4) is 11.3 Å². The molecule has 0 bridgehead atoms. The standard InChI is InChI=1S/C21H23N5OS/c27-20-11-18(16-3-2-8-22-12-16)23-14-26(20)13-15-6-9-25(10-7-15)21-24-17-4-1-5-19(17)28-21/h2-3,8,11-12,14-15H,1,4-7,9-10,13H2. The van der Waals surface area contributed by atoms with E-state index in [1.807, 2.05) is 23.5 Å². The van der Waals surface area contributed by atoms with Crippen molar-refractivity contribution >= 4 is 16.5 Å². The number of fused-ring (bicyclic) bond motifs is 1. The first-order valence-corrected chi connectivity index (χ1v) is 10.8. The lowest BCUT2D eigenvalue weighted by molar-refractivity contribution is 0.351. The number of nitrogens with zero attached hydrogens (tertiary/aromatic N) is 5. The van der Waals surface area contributed by atoms with E-state index in [1.54, 1.807) is 29.4 Å². The molecular formula is C21H23N5OS. The molecule has 1 saturated heterocycles. The van der Waals surface area contributed by atoms with Gasteiger partial charge in [-0.25, -0.2) is 9.97 Å². The van der Waals surface area contributed by atoms with Gasteiger partial charge in [0.1, 0.15) is 0 Å². The van der Waals surface area contributed by atoms with Crippen LogP contribution < -0.4 is 10.5 Å². The number of aryl methyl sites for hydroxylation is 2. The van der Waals surface area contributed by atoms with E-state index in [-0.39, 0.29) is 5.56 Å². The van der Waals surface area contributed by atoms with Gasteiger partial charge in [0.05, 0.1) is 17.7 Å². The van der Waals surface area contributed by atoms with Crippen molar-refractivity contribution in [1.82, 2.24) is 19.5 Å². The van der Waals surface area contributed by atoms with E-state index in [9.17, 15) is 4.79 Å². The smallest absolute Gasteiger partial charge is 0.253 e. The maximum Gasteiger partial charge on any atom is 0.253 e. The van der Waals surface area contributed by atoms with Crippen LogP contribution in [0.25, 0.3) is 11.3 Å². The third-order valence-corrected chi connectivity index (χ3v) is 6.98. The Morgan fingerprint density at radius 3 is 2.86 bits per heavy atom. The fourth-order valence-corrected chi connectivity index (χ4v) is 5.33. The Morgan fingerprint density at radius 1 is 1.21 bits per heavy atom. The predicted octanol–water partition coefficient (Wildman–Crippen LogP) is 3.17. The molecule has 144 valence electrons. The van der Waals surface area contributed by atoms with Crippen LogP contribution in [0.1, 0.15) is 29.8 Å². The molecule has 6 nitrogen and oxygen atoms in total. The van der Waals surface area contributed by atoms with Crippen LogP contribution in [-0.4, -0.2) is 32.6 Å². The second-order valence-corrected chi connectivity index (χ2v) is 8.72. The molecule has 7 heteroatoms. The van der Waals surface area contributed by atoms with Crippen LogP contribution >= 0.6 is 11.3 Å². The third kappa shape index (κ3) is 3.46. The van der Waals surface area contributed by atoms with Crippen LogP contribution in [0, 0.1) is 5.92 Å². The highest BCUT2D eigenvalue weighted by Crippen LogP contribution is 2.34. The van der Waals surface area contributed by atoms with Crippen molar-refractivity contribution in [3.05, 3.63) is 57.8 Å². The van der Waals surface area contributed by atoms with E-state index in [1.165, 1.54) is 28.5 Å². The van der Waals surface area contributed by atoms with Gasteiger partial charge in [-0.05, 0) is 50.2 Å². The maximum atomic E-state index is 12.5. The van der Waals surface area contributed by atoms with Crippen molar-refractivity contribution < 1.29 is 0 Å². The maximum absolute atomic E-state index is 12.5. The van der Waals surface area contributed by atoms with Crippen LogP contribution in [0.4, 0.5) is 5.13 Å². The molecule has 0 N–H and O–H groups in total. The van der Waals surface area contributed by atoms with Gasteiger partial charge in [-0.1, -0.05) is 0 Å². The van der Waals surface area contributed by atoms with E-state index in [0.717, 1.165) is 44.5 Å². The second-order valence-electron chi connectivity index (χ2n) is 7.66. The molecule has 0 unspecified atom stereocenters. The first kappa shape index (κ1) is 17.6. The quantitative estimate of drug-likeness (QED) is 0.681. The predicted molar refractivity (Wildman–Crippen MR) is 111 cm³/mol. The van der Waals surface area contributed by atoms with Crippen LogP contribution in [-0.2, 0) is 19.4 Å². The van der Waals surface area contributed by atoms with Gasteiger partial charge in [0.15, 0.2) is 5.13 Å². The average molecular weight is 394 g/mol. The number of piperidine rings is 1. The van der Waals surface area contributed by atoms with Crippen molar-refractivity contribution in [2.45, 2.75) is 38.6 Å². The summed E-state index contributed by atoms with van der Waals surface area (Å²) >= 11 is 1.88. The van der Waals surface area contributed by atoms with Crippen molar-refractivity contribution in [3.63, 3.8) is 0 Å². The minimum absolute atomic E-state index is 0.00707. The summed E-state index contributed by atoms with van der Waals surface area (Å²) in [7, 11) is 0. The summed E-state index contributed by atoms with van der Waals surface area (Å²) in [6.45, 7) is 2.78. The molecule has 0 radical (unpaired) electrons. The first-order valence-electron chi connectivity index (χ1n) is 9.97. The van der Waals surface area contributed by atoms with Gasteiger partial charge in [0.2, 0.25) is 0 Å². The van der Waals surface area contributed by atoms with E-state index >= 15 is 0 Å². The highest BCUT2D eigenvalue weighted by molar-refractivity contribution is 7.15. The van der Waals surface area contributed by atoms with E-state index < -0.39 is 0 Å². The zero-order valence-corrected chi connectivity index (χ0v) is 16.6. The lowest BCUT2D eigenvalue weighted by Crippen LogP contribution is -2.36. The molecule has 3 aromatic heterocycles. The summed E-state index contributed by atoms with van der Waals surface area (Å²) < 4.78 is 1.75. The Morgan fingerprint density at radius 2 is 2.11 bits per heavy atom. The molecular weight excluding hydrogens is 370 g/mol. The lowest BCUT2D eigenvalue weighted by Gasteiger charge is -2.32. The van der Waals surface area contributed by atoms with Crippen LogP contribution in [0.2, 0.25) is 0 Å². The second kappa shape index (κ2) is 7.47. The Kier molecular flexibility index (Phi) is 4.68. The largest absolute Gasteiger partial charge is 0.348 e. The molecule has 0 atom stereocenters. The number of rotatable bonds is 4. The van der Waals surface area contributed by atoms with E-state index in [4.69, 9.17) is 4.98 Å². The molecule has 0 aromatic carbocycles. The van der Waals surface area contributed by atoms with Gasteiger partial charge in [-0.15, -0.1) is 11.3 Å². The molecule has 4 heterocycles. The van der Waals surface area contributed by atoms with E-state index in [0.29, 0.717) is 11.6 Å². The van der Waals surface area contributed by atoms with Crippen molar-refractivity contribution in [2.75, 3.05) is 18.0 Å². The number of thiazole rings is 1. The number of hydrogen-bond acceptors (Lipinski definition) is 6. The topological polar surface area (TPSA) is 63.9 Å². The molecule has 1 aliphatic heterocycles. The zero-order valence-electron chi connectivity index (χ0n) is 15.8. The van der Waals surface area contributed by atoms with Crippen LogP contribution in [0.3, 0.4) is 0 Å². The molecule has 1 aliphatic carbocycles. The van der Waals surface area contributed by atoms with Gasteiger partial charge in [0, 0.05) is 48.5 Å². The van der Waals surface area contributed by atoms with Gasteiger partial charge in [0.25, 0.3) is 5.56 Å². The number of anilines is 1. The summed E-state index contributed by atoms with van der Waals surface area (Å²) in [5, 5.41) is 1.20. The Labute approximate surface area is 167 Å². The molecule has 28 heavy (non-hydrogen) atoms. The first-order chi connectivity index (χ1) is 13.8. The monoisotopic (exact) mass is 393 g/mol. The third-order valence-electron chi connectivity index (χ3n) is 5.76. The zero-order chi connectivity index (χ0) is 18.9. The minimum atomic E-state index is 0.00707. The molecule has 2 aliphatic rings. The van der Waals surface area contributed by atoms with Crippen molar-refractivity contribution in [1.29, 1.82) is 0 Å². The van der Waals surface area contributed by atoms with E-state index in [2.05, 4.69) is 14.9 Å². The Bertz CT molecular complexity index is 999. The summed E-state index contributed by atoms with van der Waals surface area (Å²) in [6, 6.07) is 5.39. The Hall–Kier alpha value is -2.54. The Balaban J connectivity index is 1.22. The molecule has 5 rings (SSSR count). The van der Waals surface area contributed by atoms with Crippen LogP contribution in [0.15, 0.2) is 41.7 Å². The molecule has 1 fully saturated rings. The number of hydrogen-bond donors (Lipinski definition) is 0. The summed E-state index contributed by atoms with van der Waals surface area (Å²) in [5.74, 6) is 0.506. The fourth-order valence-electron chi connectivity index (χ4n) is 4.13. The minimum Gasteiger partial charge on any atom is -0.348 e. The SMILES string of the molecule is O=c1cc(-c2cccnc2)ncn1CC1CCN(c2nc3c(s2)CCC3)CC1. The van der Waals surface area contributed by atoms with Gasteiger partial charge in [-0.3, -0.25) is 14.3 Å². The van der Waals surface area contributed by atoms with Gasteiger partial charge < -0.3 is 4.90 Å². The molecule has 3 aromatic rings. The van der Waals surface area contributed by atoms with Gasteiger partial charge >= 0.3 is 0 Å². The summed E-state index contributed by atoms with van der Waals surface area (Å²) in [5.41, 5.74) is 2.89.